The van der Waals surface area contributed by atoms with Crippen molar-refractivity contribution in [3.8, 4) is 0 Å². The van der Waals surface area contributed by atoms with E-state index in [1.54, 1.807) is 0 Å². The van der Waals surface area contributed by atoms with Crippen LogP contribution in [0.4, 0.5) is 0 Å². The second-order valence-corrected chi connectivity index (χ2v) is 19.6. The molecule has 0 aliphatic heterocycles. The monoisotopic (exact) mass is 891 g/mol. The van der Waals surface area contributed by atoms with E-state index in [1.165, 1.54) is 231 Å². The van der Waals surface area contributed by atoms with E-state index in [2.05, 4.69) is 20.8 Å². The van der Waals surface area contributed by atoms with Crippen molar-refractivity contribution in [3.05, 3.63) is 0 Å². The van der Waals surface area contributed by atoms with Gasteiger partial charge in [0.15, 0.2) is 6.10 Å². The zero-order valence-electron chi connectivity index (χ0n) is 42.9. The second-order valence-electron chi connectivity index (χ2n) is 19.6. The summed E-state index contributed by atoms with van der Waals surface area (Å²) in [5.41, 5.74) is 0. The highest BCUT2D eigenvalue weighted by molar-refractivity contribution is 5.71. The lowest BCUT2D eigenvalue weighted by Crippen LogP contribution is -2.30. The van der Waals surface area contributed by atoms with Crippen molar-refractivity contribution in [2.75, 3.05) is 13.2 Å². The number of ether oxygens (including phenoxy) is 3. The average molecular weight is 892 g/mol. The third-order valence-electron chi connectivity index (χ3n) is 13.1. The lowest BCUT2D eigenvalue weighted by molar-refractivity contribution is -0.167. The summed E-state index contributed by atoms with van der Waals surface area (Å²) in [7, 11) is 0. The Kier molecular flexibility index (Phi) is 51.7. The molecule has 0 aromatic carbocycles. The normalized spacial score (nSPS) is 11.9. The molecule has 0 amide bonds. The van der Waals surface area contributed by atoms with Crippen molar-refractivity contribution in [2.45, 2.75) is 335 Å². The van der Waals surface area contributed by atoms with Crippen LogP contribution in [-0.2, 0) is 28.6 Å². The van der Waals surface area contributed by atoms with Crippen LogP contribution in [0.15, 0.2) is 0 Å². The van der Waals surface area contributed by atoms with E-state index in [4.69, 9.17) is 14.2 Å². The first-order valence-electron chi connectivity index (χ1n) is 28.5. The van der Waals surface area contributed by atoms with E-state index in [0.29, 0.717) is 19.3 Å². The van der Waals surface area contributed by atoms with Gasteiger partial charge in [0.25, 0.3) is 0 Å². The molecule has 0 saturated carbocycles. The molecule has 0 N–H and O–H groups in total. The van der Waals surface area contributed by atoms with Gasteiger partial charge >= 0.3 is 17.9 Å². The van der Waals surface area contributed by atoms with E-state index in [9.17, 15) is 14.4 Å². The van der Waals surface area contributed by atoms with Crippen molar-refractivity contribution in [1.82, 2.24) is 0 Å². The maximum absolute atomic E-state index is 12.8. The molecule has 0 spiro atoms. The van der Waals surface area contributed by atoms with Gasteiger partial charge in [-0.25, -0.2) is 0 Å². The fourth-order valence-electron chi connectivity index (χ4n) is 8.80. The third kappa shape index (κ3) is 51.3. The molecule has 0 bridgehead atoms. The first-order chi connectivity index (χ1) is 31.0. The van der Waals surface area contributed by atoms with Gasteiger partial charge in [-0.15, -0.1) is 0 Å². The van der Waals surface area contributed by atoms with E-state index in [-0.39, 0.29) is 31.1 Å². The Morgan fingerprint density at radius 1 is 0.254 bits per heavy atom. The van der Waals surface area contributed by atoms with Crippen LogP contribution in [0.5, 0.6) is 0 Å². The maximum Gasteiger partial charge on any atom is 0.306 e. The Labute approximate surface area is 393 Å². The Morgan fingerprint density at radius 3 is 0.635 bits per heavy atom. The molecule has 6 heteroatoms. The smallest absolute Gasteiger partial charge is 0.306 e. The largest absolute Gasteiger partial charge is 0.462 e. The number of carbonyl (C=O) groups excluding carboxylic acids is 3. The summed E-state index contributed by atoms with van der Waals surface area (Å²) in [5, 5.41) is 0. The molecule has 6 nitrogen and oxygen atoms in total. The highest BCUT2D eigenvalue weighted by Gasteiger charge is 2.19. The van der Waals surface area contributed by atoms with Crippen molar-refractivity contribution < 1.29 is 28.6 Å². The van der Waals surface area contributed by atoms with Gasteiger partial charge in [-0.1, -0.05) is 290 Å². The van der Waals surface area contributed by atoms with Crippen molar-refractivity contribution in [1.29, 1.82) is 0 Å². The van der Waals surface area contributed by atoms with E-state index < -0.39 is 6.10 Å². The van der Waals surface area contributed by atoms with Crippen molar-refractivity contribution in [3.63, 3.8) is 0 Å². The molecule has 0 heterocycles. The summed E-state index contributed by atoms with van der Waals surface area (Å²) in [4.78, 5) is 38.1. The Bertz CT molecular complexity index is 936. The number of esters is 3. The summed E-state index contributed by atoms with van der Waals surface area (Å²) < 4.78 is 16.9. The number of hydrogen-bond donors (Lipinski definition) is 0. The van der Waals surface area contributed by atoms with E-state index >= 15 is 0 Å². The molecule has 0 fully saturated rings. The molecule has 0 aliphatic rings. The molecule has 0 rings (SSSR count). The fourth-order valence-corrected chi connectivity index (χ4v) is 8.80. The minimum Gasteiger partial charge on any atom is -0.462 e. The molecular weight excluding hydrogens is 781 g/mol. The highest BCUT2D eigenvalue weighted by Crippen LogP contribution is 2.18. The summed E-state index contributed by atoms with van der Waals surface area (Å²) in [6, 6.07) is 0. The van der Waals surface area contributed by atoms with Crippen LogP contribution < -0.4 is 0 Å². The van der Waals surface area contributed by atoms with Crippen LogP contribution in [0.3, 0.4) is 0 Å². The molecule has 0 aromatic heterocycles. The Hall–Kier alpha value is -1.59. The SMILES string of the molecule is CCCCCCCCCCCCCCCCCCCCC(=O)O[C@H](COC(=O)CCCCCCCCCCCCCCC)COC(=O)CCCCCCCCCCCCCCCC. The topological polar surface area (TPSA) is 78.9 Å². The molecule has 0 aliphatic carbocycles. The quantitative estimate of drug-likeness (QED) is 0.0344. The van der Waals surface area contributed by atoms with Crippen LogP contribution in [0.1, 0.15) is 329 Å². The van der Waals surface area contributed by atoms with Gasteiger partial charge in [0.2, 0.25) is 0 Å². The first-order valence-corrected chi connectivity index (χ1v) is 28.5. The minimum absolute atomic E-state index is 0.0612. The summed E-state index contributed by atoms with van der Waals surface area (Å²) in [6.07, 6.45) is 58.0. The number of hydrogen-bond acceptors (Lipinski definition) is 6. The van der Waals surface area contributed by atoms with Crippen LogP contribution in [0.25, 0.3) is 0 Å². The second kappa shape index (κ2) is 53.0. The maximum atomic E-state index is 12.8. The van der Waals surface area contributed by atoms with Gasteiger partial charge in [-0.05, 0) is 19.3 Å². The molecule has 63 heavy (non-hydrogen) atoms. The fraction of sp³-hybridized carbons (Fsp3) is 0.947. The Morgan fingerprint density at radius 2 is 0.429 bits per heavy atom. The van der Waals surface area contributed by atoms with E-state index in [0.717, 1.165) is 57.8 Å². The average Bonchev–Trinajstić information content (AvgIpc) is 3.28. The van der Waals surface area contributed by atoms with Gasteiger partial charge in [0.05, 0.1) is 0 Å². The standard InChI is InChI=1S/C57H110O6/c1-4-7-10-13-16-19-22-25-27-28-29-30-33-36-39-42-45-48-51-57(60)63-54(52-61-55(58)49-46-43-40-37-34-31-24-21-18-15-12-9-6-3)53-62-56(59)50-47-44-41-38-35-32-26-23-20-17-14-11-8-5-2/h54H,4-53H2,1-3H3/t54-/m1/s1. The predicted molar refractivity (Wildman–Crippen MR) is 270 cm³/mol. The lowest BCUT2D eigenvalue weighted by atomic mass is 10.0. The summed E-state index contributed by atoms with van der Waals surface area (Å²) >= 11 is 0. The van der Waals surface area contributed by atoms with Crippen LogP contribution in [0, 0.1) is 0 Å². The molecule has 0 saturated heterocycles. The Balaban J connectivity index is 4.28. The highest BCUT2D eigenvalue weighted by atomic mass is 16.6. The molecule has 1 atom stereocenters. The predicted octanol–water partition coefficient (Wildman–Crippen LogP) is 18.8. The first kappa shape index (κ1) is 61.4. The molecule has 0 radical (unpaired) electrons. The molecule has 374 valence electrons. The number of carbonyl (C=O) groups is 3. The van der Waals surface area contributed by atoms with Gasteiger partial charge in [-0.3, -0.25) is 14.4 Å². The summed E-state index contributed by atoms with van der Waals surface area (Å²) in [6.45, 7) is 6.70. The minimum atomic E-state index is -0.760. The third-order valence-corrected chi connectivity index (χ3v) is 13.1. The zero-order valence-corrected chi connectivity index (χ0v) is 42.9. The number of rotatable bonds is 53. The van der Waals surface area contributed by atoms with Crippen LogP contribution in [0.2, 0.25) is 0 Å². The van der Waals surface area contributed by atoms with Gasteiger partial charge in [0.1, 0.15) is 13.2 Å². The van der Waals surface area contributed by atoms with Crippen molar-refractivity contribution in [2.24, 2.45) is 0 Å². The van der Waals surface area contributed by atoms with Crippen LogP contribution in [-0.4, -0.2) is 37.2 Å². The van der Waals surface area contributed by atoms with Gasteiger partial charge < -0.3 is 14.2 Å². The molecule has 0 unspecified atom stereocenters. The molecule has 0 aromatic rings. The zero-order chi connectivity index (χ0) is 45.8. The number of unbranched alkanes of at least 4 members (excludes halogenated alkanes) is 42. The van der Waals surface area contributed by atoms with Gasteiger partial charge in [-0.2, -0.15) is 0 Å². The van der Waals surface area contributed by atoms with Crippen molar-refractivity contribution >= 4 is 17.9 Å². The molecular formula is C57H110O6. The summed E-state index contributed by atoms with van der Waals surface area (Å²) in [5.74, 6) is -0.833. The van der Waals surface area contributed by atoms with Gasteiger partial charge in [0, 0.05) is 19.3 Å². The lowest BCUT2D eigenvalue weighted by Gasteiger charge is -2.18. The van der Waals surface area contributed by atoms with E-state index in [1.807, 2.05) is 0 Å². The van der Waals surface area contributed by atoms with Crippen LogP contribution >= 0.6 is 0 Å².